The molecule has 0 amide bonds. The summed E-state index contributed by atoms with van der Waals surface area (Å²) in [5.74, 6) is 0.357. The summed E-state index contributed by atoms with van der Waals surface area (Å²) in [5.41, 5.74) is 0.151. The zero-order chi connectivity index (χ0) is 25.0. The van der Waals surface area contributed by atoms with Gasteiger partial charge < -0.3 is 21.1 Å². The number of esters is 1. The molecule has 0 atom stereocenters. The summed E-state index contributed by atoms with van der Waals surface area (Å²) >= 11 is 5.86. The van der Waals surface area contributed by atoms with Crippen LogP contribution in [0.5, 0.6) is 0 Å². The Labute approximate surface area is 201 Å². The molecule has 7 heteroatoms. The number of carbonyl (C=O) groups is 2. The van der Waals surface area contributed by atoms with Crippen molar-refractivity contribution in [1.29, 1.82) is 0 Å². The predicted octanol–water partition coefficient (Wildman–Crippen LogP) is 6.45. The van der Waals surface area contributed by atoms with Crippen LogP contribution >= 0.6 is 11.6 Å². The van der Waals surface area contributed by atoms with Crippen molar-refractivity contribution >= 4 is 23.5 Å². The van der Waals surface area contributed by atoms with E-state index in [4.69, 9.17) is 26.6 Å². The molecule has 6 nitrogen and oxygen atoms in total. The topological polar surface area (TPSA) is 119 Å². The average Bonchev–Trinajstić information content (AvgIpc) is 2.44. The van der Waals surface area contributed by atoms with Crippen molar-refractivity contribution in [3.63, 3.8) is 0 Å². The molecule has 2 saturated carbocycles. The Morgan fingerprint density at radius 3 is 1.28 bits per heavy atom. The van der Waals surface area contributed by atoms with Gasteiger partial charge in [-0.1, -0.05) is 41.5 Å². The summed E-state index contributed by atoms with van der Waals surface area (Å²) in [5, 5.41) is 17.2. The summed E-state index contributed by atoms with van der Waals surface area (Å²) in [6.45, 7) is 21.7. The van der Waals surface area contributed by atoms with Gasteiger partial charge in [0.25, 0.3) is 0 Å². The molecule has 0 unspecified atom stereocenters. The number of carboxylic acids is 1. The van der Waals surface area contributed by atoms with Crippen LogP contribution in [-0.2, 0) is 14.3 Å². The lowest BCUT2D eigenvalue weighted by molar-refractivity contribution is -0.160. The van der Waals surface area contributed by atoms with Crippen LogP contribution in [0.1, 0.15) is 102 Å². The van der Waals surface area contributed by atoms with E-state index in [1.165, 1.54) is 0 Å². The molecule has 0 aromatic rings. The second kappa shape index (κ2) is 12.0. The number of hydrogen-bond acceptors (Lipinski definition) is 5. The molecule has 0 aromatic heterocycles. The molecule has 0 aliphatic heterocycles. The van der Waals surface area contributed by atoms with Gasteiger partial charge in [0.15, 0.2) is 0 Å². The van der Waals surface area contributed by atoms with Gasteiger partial charge in [-0.3, -0.25) is 9.59 Å². The first-order chi connectivity index (χ1) is 13.5. The lowest BCUT2D eigenvalue weighted by atomic mass is 9.67. The van der Waals surface area contributed by atoms with Crippen molar-refractivity contribution in [2.45, 2.75) is 119 Å². The van der Waals surface area contributed by atoms with E-state index in [1.54, 1.807) is 34.6 Å². The maximum atomic E-state index is 11.5. The van der Waals surface area contributed by atoms with Crippen molar-refractivity contribution in [3.05, 3.63) is 0 Å². The number of rotatable bonds is 2. The molecule has 0 saturated heterocycles. The molecule has 0 bridgehead atoms. The monoisotopic (exact) mass is 479 g/mol. The molecule has 2 fully saturated rings. The third kappa shape index (κ3) is 12.4. The second-order valence-corrected chi connectivity index (χ2v) is 13.7. The molecule has 0 aromatic carbocycles. The first kappa shape index (κ1) is 33.3. The van der Waals surface area contributed by atoms with Crippen molar-refractivity contribution in [3.8, 4) is 0 Å². The fraction of sp³-hybridized carbons (Fsp3) is 0.920. The zero-order valence-electron chi connectivity index (χ0n) is 22.3. The minimum atomic E-state index is -0.896. The maximum absolute atomic E-state index is 11.5. The predicted molar refractivity (Wildman–Crippen MR) is 132 cm³/mol. The number of aliphatic hydroxyl groups excluding tert-OH is 1. The molecular formula is C25H50ClNO5. The van der Waals surface area contributed by atoms with Gasteiger partial charge >= 0.3 is 11.9 Å². The van der Waals surface area contributed by atoms with E-state index in [9.17, 15) is 9.59 Å². The largest absolute Gasteiger partial charge is 0.481 e. The van der Waals surface area contributed by atoms with Gasteiger partial charge in [-0.05, 0) is 83.0 Å². The Hall–Kier alpha value is -0.850. The Bertz CT molecular complexity index is 581. The quantitative estimate of drug-likeness (QED) is 0.309. The standard InChI is InChI=1S/C12H21ClO2.C8H16O.C5H10O2.H3N/c1-11(2,3)8-6-9(7-8)15-10(14)12(4,5)13;1-8(2,3)6-4-7(9)5-6;1-5(2,3)4(6)7;/h8-9H,6-7H2,1-5H3;6-7,9H,4-5H2,1-3H3;1-3H3,(H,6,7);1H3. The molecule has 0 spiro atoms. The third-order valence-corrected chi connectivity index (χ3v) is 6.21. The van der Waals surface area contributed by atoms with E-state index in [1.807, 2.05) is 0 Å². The average molecular weight is 480 g/mol. The summed E-state index contributed by atoms with van der Waals surface area (Å²) in [4.78, 5) is 20.6. The van der Waals surface area contributed by atoms with Crippen molar-refractivity contribution in [1.82, 2.24) is 6.15 Å². The fourth-order valence-electron chi connectivity index (χ4n) is 2.96. The Kier molecular flexibility index (Phi) is 12.5. The second-order valence-electron chi connectivity index (χ2n) is 12.8. The number of aliphatic hydroxyl groups is 1. The number of halogens is 1. The van der Waals surface area contributed by atoms with E-state index in [0.29, 0.717) is 16.7 Å². The van der Waals surface area contributed by atoms with Gasteiger partial charge in [-0.2, -0.15) is 0 Å². The van der Waals surface area contributed by atoms with Crippen LogP contribution in [0.25, 0.3) is 0 Å². The molecule has 2 aliphatic rings. The summed E-state index contributed by atoms with van der Waals surface area (Å²) in [7, 11) is 0. The summed E-state index contributed by atoms with van der Waals surface area (Å²) < 4.78 is 5.31. The molecule has 2 aliphatic carbocycles. The third-order valence-electron chi connectivity index (χ3n) is 6.06. The van der Waals surface area contributed by atoms with Gasteiger partial charge in [-0.15, -0.1) is 11.6 Å². The van der Waals surface area contributed by atoms with Crippen LogP contribution in [0, 0.1) is 28.1 Å². The number of carboxylic acid groups (broad SMARTS) is 1. The first-order valence-corrected chi connectivity index (χ1v) is 11.7. The maximum Gasteiger partial charge on any atom is 0.326 e. The first-order valence-electron chi connectivity index (χ1n) is 11.4. The fourth-order valence-corrected chi connectivity index (χ4v) is 3.00. The minimum absolute atomic E-state index is 0. The number of alkyl halides is 1. The highest BCUT2D eigenvalue weighted by atomic mass is 35.5. The van der Waals surface area contributed by atoms with E-state index in [-0.39, 0.29) is 24.3 Å². The van der Waals surface area contributed by atoms with Crippen LogP contribution in [0.3, 0.4) is 0 Å². The van der Waals surface area contributed by atoms with Crippen molar-refractivity contribution < 1.29 is 24.5 Å². The van der Waals surface area contributed by atoms with Gasteiger partial charge in [0.05, 0.1) is 11.5 Å². The van der Waals surface area contributed by atoms with E-state index < -0.39 is 16.3 Å². The van der Waals surface area contributed by atoms with Crippen LogP contribution in [0.4, 0.5) is 0 Å². The lowest BCUT2D eigenvalue weighted by Gasteiger charge is -2.43. The van der Waals surface area contributed by atoms with E-state index in [2.05, 4.69) is 41.5 Å². The molecule has 192 valence electrons. The lowest BCUT2D eigenvalue weighted by Crippen LogP contribution is -2.42. The highest BCUT2D eigenvalue weighted by molar-refractivity contribution is 6.33. The van der Waals surface area contributed by atoms with Crippen LogP contribution in [-0.4, -0.2) is 39.2 Å². The Morgan fingerprint density at radius 2 is 1.09 bits per heavy atom. The summed E-state index contributed by atoms with van der Waals surface area (Å²) in [6.07, 6.45) is 4.08. The Balaban J connectivity index is 0. The zero-order valence-corrected chi connectivity index (χ0v) is 23.1. The molecule has 5 N–H and O–H groups in total. The van der Waals surface area contributed by atoms with Crippen molar-refractivity contribution in [2.75, 3.05) is 0 Å². The SMILES string of the molecule is CC(C)(C)C(=O)O.CC(C)(C)C1CC(O)C1.CC(C)(Cl)C(=O)OC1CC(C(C)(C)C)C1.N. The molecule has 0 radical (unpaired) electrons. The Morgan fingerprint density at radius 1 is 0.781 bits per heavy atom. The number of hydrogen-bond donors (Lipinski definition) is 3. The van der Waals surface area contributed by atoms with Gasteiger partial charge in [0.2, 0.25) is 0 Å². The molecule has 0 heterocycles. The van der Waals surface area contributed by atoms with Crippen LogP contribution in [0.2, 0.25) is 0 Å². The number of ether oxygens (including phenoxy) is 1. The van der Waals surface area contributed by atoms with E-state index >= 15 is 0 Å². The highest BCUT2D eigenvalue weighted by Crippen LogP contribution is 2.43. The number of carbonyl (C=O) groups excluding carboxylic acids is 1. The van der Waals surface area contributed by atoms with Gasteiger partial charge in [0, 0.05) is 0 Å². The number of aliphatic carboxylic acids is 1. The smallest absolute Gasteiger partial charge is 0.326 e. The van der Waals surface area contributed by atoms with Crippen molar-refractivity contribution in [2.24, 2.45) is 28.1 Å². The van der Waals surface area contributed by atoms with Crippen LogP contribution in [0.15, 0.2) is 0 Å². The highest BCUT2D eigenvalue weighted by Gasteiger charge is 2.41. The molecule has 2 rings (SSSR count). The van der Waals surface area contributed by atoms with Crippen LogP contribution < -0.4 is 6.15 Å². The summed E-state index contributed by atoms with van der Waals surface area (Å²) in [6, 6.07) is 0. The van der Waals surface area contributed by atoms with Gasteiger partial charge in [-0.25, -0.2) is 0 Å². The molecular weight excluding hydrogens is 430 g/mol. The normalized spacial score (nSPS) is 25.3. The van der Waals surface area contributed by atoms with E-state index in [0.717, 1.165) is 31.6 Å². The molecule has 32 heavy (non-hydrogen) atoms. The van der Waals surface area contributed by atoms with Gasteiger partial charge in [0.1, 0.15) is 11.0 Å². The minimum Gasteiger partial charge on any atom is -0.481 e.